The first kappa shape index (κ1) is 20.4. The first-order valence-electron chi connectivity index (χ1n) is 10.0. The fourth-order valence-electron chi connectivity index (χ4n) is 3.97. The molecule has 2 aliphatic heterocycles. The summed E-state index contributed by atoms with van der Waals surface area (Å²) in [6, 6.07) is 15.7. The molecule has 2 saturated heterocycles. The molecule has 158 valence electrons. The molecule has 2 amide bonds. The second-order valence-corrected chi connectivity index (χ2v) is 7.97. The van der Waals surface area contributed by atoms with Crippen LogP contribution in [-0.2, 0) is 25.5 Å². The number of benzene rings is 2. The van der Waals surface area contributed by atoms with Gasteiger partial charge in [-0.25, -0.2) is 0 Å². The number of β-lactam (4-membered cyclic amide) rings is 1. The lowest BCUT2D eigenvalue weighted by Gasteiger charge is -2.49. The first-order chi connectivity index (χ1) is 14.4. The molecule has 2 aromatic rings. The normalized spacial score (nSPS) is 25.0. The van der Waals surface area contributed by atoms with Crippen LogP contribution < -0.4 is 15.0 Å². The molecule has 2 aliphatic rings. The average Bonchev–Trinajstić information content (AvgIpc) is 3.09. The quantitative estimate of drug-likeness (QED) is 0.740. The lowest BCUT2D eigenvalue weighted by molar-refractivity contribution is -0.151. The van der Waals surface area contributed by atoms with Gasteiger partial charge in [-0.1, -0.05) is 30.3 Å². The van der Waals surface area contributed by atoms with E-state index in [1.54, 1.807) is 24.1 Å². The molecule has 0 aliphatic carbocycles. The Kier molecular flexibility index (Phi) is 5.49. The molecule has 7 heteroatoms. The third-order valence-electron chi connectivity index (χ3n) is 5.43. The number of rotatable bonds is 6. The predicted molar refractivity (Wildman–Crippen MR) is 111 cm³/mol. The number of hydrogen-bond acceptors (Lipinski definition) is 5. The monoisotopic (exact) mass is 410 g/mol. The van der Waals surface area contributed by atoms with Gasteiger partial charge < -0.3 is 24.4 Å². The number of anilines is 1. The number of carbonyl (C=O) groups excluding carboxylic acids is 2. The van der Waals surface area contributed by atoms with Crippen molar-refractivity contribution in [2.24, 2.45) is 0 Å². The maximum Gasteiger partial charge on any atom is 0.252 e. The van der Waals surface area contributed by atoms with Crippen LogP contribution in [0.2, 0.25) is 0 Å². The van der Waals surface area contributed by atoms with Crippen LogP contribution in [0.5, 0.6) is 5.75 Å². The highest BCUT2D eigenvalue weighted by molar-refractivity contribution is 6.07. The van der Waals surface area contributed by atoms with Crippen LogP contribution in [-0.4, -0.2) is 49.5 Å². The molecule has 2 heterocycles. The zero-order chi connectivity index (χ0) is 21.3. The van der Waals surface area contributed by atoms with Crippen LogP contribution in [0.3, 0.4) is 0 Å². The zero-order valence-corrected chi connectivity index (χ0v) is 17.3. The van der Waals surface area contributed by atoms with E-state index in [0.29, 0.717) is 12.4 Å². The summed E-state index contributed by atoms with van der Waals surface area (Å²) in [4.78, 5) is 27.3. The van der Waals surface area contributed by atoms with Gasteiger partial charge in [-0.3, -0.25) is 9.59 Å². The molecule has 1 N–H and O–H groups in total. The van der Waals surface area contributed by atoms with E-state index in [1.165, 1.54) is 0 Å². The van der Waals surface area contributed by atoms with Crippen molar-refractivity contribution in [3.8, 4) is 5.75 Å². The minimum absolute atomic E-state index is 0.167. The van der Waals surface area contributed by atoms with Gasteiger partial charge in [0.25, 0.3) is 5.91 Å². The molecule has 4 rings (SSSR count). The van der Waals surface area contributed by atoms with Gasteiger partial charge in [0.05, 0.1) is 26.2 Å². The minimum atomic E-state index is -0.729. The van der Waals surface area contributed by atoms with E-state index in [-0.39, 0.29) is 30.4 Å². The van der Waals surface area contributed by atoms with Gasteiger partial charge in [-0.05, 0) is 43.7 Å². The lowest BCUT2D eigenvalue weighted by Crippen LogP contribution is -2.75. The van der Waals surface area contributed by atoms with E-state index in [1.807, 2.05) is 56.3 Å². The van der Waals surface area contributed by atoms with Crippen molar-refractivity contribution in [1.82, 2.24) is 5.32 Å². The molecule has 1 unspecified atom stereocenters. The number of nitrogens with zero attached hydrogens (tertiary/aromatic N) is 1. The Hall–Kier alpha value is -2.90. The van der Waals surface area contributed by atoms with Crippen LogP contribution in [0.4, 0.5) is 5.69 Å². The number of amides is 2. The Balaban J connectivity index is 1.53. The summed E-state index contributed by atoms with van der Waals surface area (Å²) < 4.78 is 17.0. The SMILES string of the molecule is COc1ccc(N2C(=O)[C@@H](NC(=O)Cc3ccccc3)[C@@H]2C2COC(C)(C)O2)cc1. The second-order valence-electron chi connectivity index (χ2n) is 7.97. The number of carbonyl (C=O) groups is 2. The van der Waals surface area contributed by atoms with E-state index < -0.39 is 11.8 Å². The zero-order valence-electron chi connectivity index (χ0n) is 17.3. The highest BCUT2D eigenvalue weighted by Gasteiger charge is 2.55. The van der Waals surface area contributed by atoms with E-state index >= 15 is 0 Å². The van der Waals surface area contributed by atoms with Crippen molar-refractivity contribution >= 4 is 17.5 Å². The largest absolute Gasteiger partial charge is 0.497 e. The van der Waals surface area contributed by atoms with Crippen molar-refractivity contribution in [2.75, 3.05) is 18.6 Å². The topological polar surface area (TPSA) is 77.1 Å². The van der Waals surface area contributed by atoms with Crippen molar-refractivity contribution in [3.63, 3.8) is 0 Å². The van der Waals surface area contributed by atoms with Gasteiger partial charge in [0, 0.05) is 5.69 Å². The smallest absolute Gasteiger partial charge is 0.252 e. The van der Waals surface area contributed by atoms with Gasteiger partial charge in [-0.15, -0.1) is 0 Å². The van der Waals surface area contributed by atoms with Crippen LogP contribution >= 0.6 is 0 Å². The second kappa shape index (κ2) is 8.08. The van der Waals surface area contributed by atoms with Crippen molar-refractivity contribution in [2.45, 2.75) is 44.2 Å². The Morgan fingerprint density at radius 2 is 1.87 bits per heavy atom. The molecule has 0 saturated carbocycles. The van der Waals surface area contributed by atoms with Crippen LogP contribution in [0.15, 0.2) is 54.6 Å². The van der Waals surface area contributed by atoms with Crippen LogP contribution in [0.25, 0.3) is 0 Å². The van der Waals surface area contributed by atoms with Crippen LogP contribution in [0, 0.1) is 0 Å². The summed E-state index contributed by atoms with van der Waals surface area (Å²) >= 11 is 0. The Morgan fingerprint density at radius 3 is 2.47 bits per heavy atom. The summed E-state index contributed by atoms with van der Waals surface area (Å²) in [5.41, 5.74) is 1.62. The summed E-state index contributed by atoms with van der Waals surface area (Å²) in [6.45, 7) is 4.03. The summed E-state index contributed by atoms with van der Waals surface area (Å²) in [7, 11) is 1.59. The fourth-order valence-corrected chi connectivity index (χ4v) is 3.97. The van der Waals surface area contributed by atoms with Gasteiger partial charge in [-0.2, -0.15) is 0 Å². The molecule has 2 aromatic carbocycles. The van der Waals surface area contributed by atoms with E-state index in [2.05, 4.69) is 5.32 Å². The molecular weight excluding hydrogens is 384 g/mol. The van der Waals surface area contributed by atoms with Crippen LogP contribution in [0.1, 0.15) is 19.4 Å². The number of ether oxygens (including phenoxy) is 3. The average molecular weight is 410 g/mol. The van der Waals surface area contributed by atoms with E-state index in [4.69, 9.17) is 14.2 Å². The number of methoxy groups -OCH3 is 1. The molecule has 0 bridgehead atoms. The summed E-state index contributed by atoms with van der Waals surface area (Å²) in [5.74, 6) is -0.387. The summed E-state index contributed by atoms with van der Waals surface area (Å²) in [6.07, 6.45) is -0.130. The maximum atomic E-state index is 13.0. The van der Waals surface area contributed by atoms with Crippen molar-refractivity contribution in [1.29, 1.82) is 0 Å². The van der Waals surface area contributed by atoms with Crippen molar-refractivity contribution in [3.05, 3.63) is 60.2 Å². The number of nitrogens with one attached hydrogen (secondary N) is 1. The molecule has 30 heavy (non-hydrogen) atoms. The molecule has 0 radical (unpaired) electrons. The molecule has 2 fully saturated rings. The van der Waals surface area contributed by atoms with E-state index in [0.717, 1.165) is 11.3 Å². The third kappa shape index (κ3) is 4.04. The van der Waals surface area contributed by atoms with Gasteiger partial charge >= 0.3 is 0 Å². The predicted octanol–water partition coefficient (Wildman–Crippen LogP) is 2.29. The summed E-state index contributed by atoms with van der Waals surface area (Å²) in [5, 5.41) is 2.90. The standard InChI is InChI=1S/C23H26N2O5/c1-23(2)29-14-18(30-23)21-20(24-19(26)13-15-7-5-4-6-8-15)22(27)25(21)16-9-11-17(28-3)12-10-16/h4-12,18,20-21H,13-14H2,1-3H3,(H,24,26)/t18?,20-,21-/m0/s1. The molecule has 0 spiro atoms. The highest BCUT2D eigenvalue weighted by atomic mass is 16.7. The fraction of sp³-hybridized carbons (Fsp3) is 0.391. The van der Waals surface area contributed by atoms with Gasteiger partial charge in [0.1, 0.15) is 17.9 Å². The first-order valence-corrected chi connectivity index (χ1v) is 10.0. The molecular formula is C23H26N2O5. The van der Waals surface area contributed by atoms with Crippen molar-refractivity contribution < 1.29 is 23.8 Å². The van der Waals surface area contributed by atoms with E-state index in [9.17, 15) is 9.59 Å². The molecule has 7 nitrogen and oxygen atoms in total. The van der Waals surface area contributed by atoms with Gasteiger partial charge in [0.15, 0.2) is 5.79 Å². The molecule has 0 aromatic heterocycles. The Bertz CT molecular complexity index is 913. The minimum Gasteiger partial charge on any atom is -0.497 e. The lowest BCUT2D eigenvalue weighted by atomic mass is 9.89. The molecule has 3 atom stereocenters. The Morgan fingerprint density at radius 1 is 1.17 bits per heavy atom. The Labute approximate surface area is 175 Å². The number of hydrogen-bond donors (Lipinski definition) is 1. The highest BCUT2D eigenvalue weighted by Crippen LogP contribution is 2.36. The van der Waals surface area contributed by atoms with Gasteiger partial charge in [0.2, 0.25) is 5.91 Å². The third-order valence-corrected chi connectivity index (χ3v) is 5.43. The maximum absolute atomic E-state index is 13.0.